The number of nitrogens with zero attached hydrogens (tertiary/aromatic N) is 1. The Labute approximate surface area is 164 Å². The van der Waals surface area contributed by atoms with Gasteiger partial charge < -0.3 is 10.1 Å². The van der Waals surface area contributed by atoms with Gasteiger partial charge in [0.1, 0.15) is 0 Å². The fraction of sp³-hybridized carbons (Fsp3) is 0.350. The molecule has 1 amide bonds. The molecule has 8 heteroatoms. The van der Waals surface area contributed by atoms with Crippen LogP contribution in [0.4, 0.5) is 10.1 Å². The minimum Gasteiger partial charge on any atom is -0.494 e. The summed E-state index contributed by atoms with van der Waals surface area (Å²) in [4.78, 5) is 12.6. The van der Waals surface area contributed by atoms with E-state index in [1.807, 2.05) is 6.92 Å². The van der Waals surface area contributed by atoms with E-state index < -0.39 is 21.9 Å². The minimum atomic E-state index is -3.38. The molecule has 0 bridgehead atoms. The van der Waals surface area contributed by atoms with Crippen molar-refractivity contribution >= 4 is 21.6 Å². The van der Waals surface area contributed by atoms with Crippen LogP contribution in [0.25, 0.3) is 0 Å². The lowest BCUT2D eigenvalue weighted by atomic mass is 10.0. The zero-order valence-corrected chi connectivity index (χ0v) is 17.0. The number of anilines is 1. The number of hydrogen-bond donors (Lipinski definition) is 1. The van der Waals surface area contributed by atoms with Crippen LogP contribution in [0.3, 0.4) is 0 Å². The third kappa shape index (κ3) is 3.82. The first kappa shape index (κ1) is 20.1. The number of rotatable bonds is 5. The summed E-state index contributed by atoms with van der Waals surface area (Å²) < 4.78 is 44.2. The number of carbonyl (C=O) groups is 1. The first-order valence-electron chi connectivity index (χ1n) is 8.88. The van der Waals surface area contributed by atoms with Gasteiger partial charge in [0, 0.05) is 11.6 Å². The molecule has 2 aromatic carbocycles. The largest absolute Gasteiger partial charge is 0.494 e. The summed E-state index contributed by atoms with van der Waals surface area (Å²) in [5.74, 6) is -0.657. The summed E-state index contributed by atoms with van der Waals surface area (Å²) in [6, 6.07) is 8.92. The van der Waals surface area contributed by atoms with Crippen LogP contribution in [-0.4, -0.2) is 33.7 Å². The SMILES string of the molecule is COc1ccc([C@H](C)NC(=O)c2ccc3c(c2)C[C@@H](C)N3S(C)(=O)=O)cc1F. The minimum absolute atomic E-state index is 0.144. The van der Waals surface area contributed by atoms with E-state index in [1.54, 1.807) is 31.2 Å². The van der Waals surface area contributed by atoms with Crippen LogP contribution in [0.2, 0.25) is 0 Å². The molecule has 2 aromatic rings. The Balaban J connectivity index is 1.79. The molecule has 1 N–H and O–H groups in total. The maximum atomic E-state index is 13.9. The summed E-state index contributed by atoms with van der Waals surface area (Å²) in [6.45, 7) is 3.60. The number of carbonyl (C=O) groups excluding carboxylic acids is 1. The number of fused-ring (bicyclic) bond motifs is 1. The predicted molar refractivity (Wildman–Crippen MR) is 106 cm³/mol. The maximum Gasteiger partial charge on any atom is 0.251 e. The van der Waals surface area contributed by atoms with Crippen LogP contribution in [-0.2, 0) is 16.4 Å². The third-order valence-corrected chi connectivity index (χ3v) is 6.15. The number of halogens is 1. The van der Waals surface area contributed by atoms with Crippen molar-refractivity contribution in [2.24, 2.45) is 0 Å². The van der Waals surface area contributed by atoms with Gasteiger partial charge in [-0.25, -0.2) is 12.8 Å². The highest BCUT2D eigenvalue weighted by atomic mass is 32.2. The van der Waals surface area contributed by atoms with Gasteiger partial charge in [-0.3, -0.25) is 9.10 Å². The maximum absolute atomic E-state index is 13.9. The van der Waals surface area contributed by atoms with E-state index in [2.05, 4.69) is 5.32 Å². The van der Waals surface area contributed by atoms with Crippen LogP contribution >= 0.6 is 0 Å². The second kappa shape index (κ2) is 7.43. The second-order valence-corrected chi connectivity index (χ2v) is 8.90. The van der Waals surface area contributed by atoms with Crippen molar-refractivity contribution in [1.29, 1.82) is 0 Å². The summed E-state index contributed by atoms with van der Waals surface area (Å²) in [5, 5.41) is 2.84. The Bertz CT molecular complexity index is 1020. The van der Waals surface area contributed by atoms with Gasteiger partial charge in [0.05, 0.1) is 25.1 Å². The first-order chi connectivity index (χ1) is 13.1. The lowest BCUT2D eigenvalue weighted by Gasteiger charge is -2.22. The molecule has 3 rings (SSSR count). The van der Waals surface area contributed by atoms with Crippen molar-refractivity contribution in [1.82, 2.24) is 5.32 Å². The van der Waals surface area contributed by atoms with Crippen LogP contribution in [0.15, 0.2) is 36.4 Å². The van der Waals surface area contributed by atoms with Crippen molar-refractivity contribution in [3.05, 3.63) is 58.9 Å². The Morgan fingerprint density at radius 1 is 1.29 bits per heavy atom. The lowest BCUT2D eigenvalue weighted by Crippen LogP contribution is -2.34. The molecule has 28 heavy (non-hydrogen) atoms. The Hall–Kier alpha value is -2.61. The lowest BCUT2D eigenvalue weighted by molar-refractivity contribution is 0.0939. The molecular weight excluding hydrogens is 383 g/mol. The molecule has 1 heterocycles. The van der Waals surface area contributed by atoms with Crippen molar-refractivity contribution in [3.8, 4) is 5.75 Å². The molecule has 0 saturated carbocycles. The van der Waals surface area contributed by atoms with Crippen LogP contribution in [0, 0.1) is 5.82 Å². The highest BCUT2D eigenvalue weighted by molar-refractivity contribution is 7.92. The monoisotopic (exact) mass is 406 g/mol. The highest BCUT2D eigenvalue weighted by Crippen LogP contribution is 2.34. The molecule has 1 aliphatic rings. The number of hydrogen-bond acceptors (Lipinski definition) is 4. The average Bonchev–Trinajstić information content (AvgIpc) is 2.96. The fourth-order valence-corrected chi connectivity index (χ4v) is 4.83. The molecule has 0 aromatic heterocycles. The van der Waals surface area contributed by atoms with Crippen molar-refractivity contribution in [2.45, 2.75) is 32.4 Å². The van der Waals surface area contributed by atoms with E-state index in [9.17, 15) is 17.6 Å². The van der Waals surface area contributed by atoms with Gasteiger partial charge >= 0.3 is 0 Å². The fourth-order valence-electron chi connectivity index (χ4n) is 3.56. The van der Waals surface area contributed by atoms with E-state index in [1.165, 1.54) is 29.8 Å². The van der Waals surface area contributed by atoms with E-state index >= 15 is 0 Å². The van der Waals surface area contributed by atoms with E-state index in [0.29, 0.717) is 23.2 Å². The zero-order valence-electron chi connectivity index (χ0n) is 16.2. The van der Waals surface area contributed by atoms with Crippen LogP contribution in [0.1, 0.15) is 41.4 Å². The van der Waals surface area contributed by atoms with Crippen molar-refractivity contribution in [2.75, 3.05) is 17.7 Å². The number of ether oxygens (including phenoxy) is 1. The molecule has 1 aliphatic heterocycles. The second-order valence-electron chi connectivity index (χ2n) is 7.04. The zero-order chi connectivity index (χ0) is 20.6. The van der Waals surface area contributed by atoms with Gasteiger partial charge in [-0.2, -0.15) is 0 Å². The van der Waals surface area contributed by atoms with Gasteiger partial charge in [-0.1, -0.05) is 6.07 Å². The normalized spacial score (nSPS) is 17.2. The molecular formula is C20H23FN2O4S. The Kier molecular flexibility index (Phi) is 5.34. The summed E-state index contributed by atoms with van der Waals surface area (Å²) >= 11 is 0. The Morgan fingerprint density at radius 2 is 2.00 bits per heavy atom. The molecule has 2 atom stereocenters. The first-order valence-corrected chi connectivity index (χ1v) is 10.7. The van der Waals surface area contributed by atoms with Gasteiger partial charge in [-0.15, -0.1) is 0 Å². The van der Waals surface area contributed by atoms with Gasteiger partial charge in [0.2, 0.25) is 10.0 Å². The summed E-state index contributed by atoms with van der Waals surface area (Å²) in [5.41, 5.74) is 2.47. The molecule has 0 aliphatic carbocycles. The number of benzene rings is 2. The number of nitrogens with one attached hydrogen (secondary N) is 1. The van der Waals surface area contributed by atoms with Gasteiger partial charge in [0.25, 0.3) is 5.91 Å². The van der Waals surface area contributed by atoms with Gasteiger partial charge in [-0.05, 0) is 61.7 Å². The predicted octanol–water partition coefficient (Wildman–Crippen LogP) is 3.04. The molecule has 150 valence electrons. The number of sulfonamides is 1. The summed E-state index contributed by atoms with van der Waals surface area (Å²) in [7, 11) is -1.98. The number of methoxy groups -OCH3 is 1. The molecule has 0 unspecified atom stereocenters. The third-order valence-electron chi connectivity index (χ3n) is 4.88. The van der Waals surface area contributed by atoms with Crippen LogP contribution in [0.5, 0.6) is 5.75 Å². The average molecular weight is 406 g/mol. The molecule has 0 saturated heterocycles. The molecule has 0 fully saturated rings. The Morgan fingerprint density at radius 3 is 2.61 bits per heavy atom. The van der Waals surface area contributed by atoms with Crippen molar-refractivity contribution < 1.29 is 22.3 Å². The van der Waals surface area contributed by atoms with Crippen molar-refractivity contribution in [3.63, 3.8) is 0 Å². The highest BCUT2D eigenvalue weighted by Gasteiger charge is 2.32. The summed E-state index contributed by atoms with van der Waals surface area (Å²) in [6.07, 6.45) is 1.72. The van der Waals surface area contributed by atoms with E-state index in [0.717, 1.165) is 5.56 Å². The van der Waals surface area contributed by atoms with Crippen LogP contribution < -0.4 is 14.4 Å². The molecule has 0 radical (unpaired) electrons. The standard InChI is InChI=1S/C20H23FN2O4S/c1-12-9-16-10-15(5-7-18(16)23(12)28(4,25)26)20(24)22-13(2)14-6-8-19(27-3)17(21)11-14/h5-8,10-13H,9H2,1-4H3,(H,22,24)/t12-,13+/m1/s1. The number of amides is 1. The topological polar surface area (TPSA) is 75.7 Å². The molecule has 6 nitrogen and oxygen atoms in total. The van der Waals surface area contributed by atoms with E-state index in [4.69, 9.17) is 4.74 Å². The van der Waals surface area contributed by atoms with Gasteiger partial charge in [0.15, 0.2) is 11.6 Å². The molecule has 0 spiro atoms. The quantitative estimate of drug-likeness (QED) is 0.828. The van der Waals surface area contributed by atoms with E-state index in [-0.39, 0.29) is 17.7 Å². The smallest absolute Gasteiger partial charge is 0.251 e.